The Morgan fingerprint density at radius 2 is 1.69 bits per heavy atom. The molecule has 1 atom stereocenters. The summed E-state index contributed by atoms with van der Waals surface area (Å²) in [5, 5.41) is 0. The van der Waals surface area contributed by atoms with Crippen molar-refractivity contribution in [2.75, 3.05) is 0 Å². The van der Waals surface area contributed by atoms with Gasteiger partial charge in [0, 0.05) is 6.42 Å². The maximum Gasteiger partial charge on any atom is 0.162 e. The average Bonchev–Trinajstić information content (AvgIpc) is 2.81. The lowest BCUT2D eigenvalue weighted by atomic mass is 9.88. The molecule has 0 nitrogen and oxygen atoms in total. The maximum absolute atomic E-state index is 14.1. The fraction of sp³-hybridized carbons (Fsp3) is 0.500. The molecule has 2 heteroatoms. The lowest BCUT2D eigenvalue weighted by Crippen LogP contribution is -2.00. The quantitative estimate of drug-likeness (QED) is 0.370. The fourth-order valence-corrected chi connectivity index (χ4v) is 3.62. The number of allylic oxidation sites excluding steroid dienone is 6. The highest BCUT2D eigenvalue weighted by Crippen LogP contribution is 2.29. The first-order valence-corrected chi connectivity index (χ1v) is 10.2. The van der Waals surface area contributed by atoms with Crippen LogP contribution in [0.5, 0.6) is 0 Å². The number of halogens is 2. The Labute approximate surface area is 157 Å². The van der Waals surface area contributed by atoms with E-state index >= 15 is 0 Å². The Morgan fingerprint density at radius 3 is 2.38 bits per heavy atom. The van der Waals surface area contributed by atoms with E-state index in [-0.39, 0.29) is 0 Å². The molecule has 142 valence electrons. The van der Waals surface area contributed by atoms with Crippen LogP contribution >= 0.6 is 0 Å². The van der Waals surface area contributed by atoms with Gasteiger partial charge in [-0.05, 0) is 48.0 Å². The Balaban J connectivity index is 2.01. The van der Waals surface area contributed by atoms with E-state index < -0.39 is 11.7 Å². The van der Waals surface area contributed by atoms with E-state index in [1.165, 1.54) is 56.6 Å². The molecular weight excluding hydrogens is 326 g/mol. The van der Waals surface area contributed by atoms with Crippen molar-refractivity contribution in [3.63, 3.8) is 0 Å². The van der Waals surface area contributed by atoms with E-state index in [4.69, 9.17) is 0 Å². The second-order valence-electron chi connectivity index (χ2n) is 7.28. The van der Waals surface area contributed by atoms with Gasteiger partial charge in [0.05, 0.1) is 0 Å². The third-order valence-electron chi connectivity index (χ3n) is 5.15. The summed E-state index contributed by atoms with van der Waals surface area (Å²) >= 11 is 0. The second-order valence-corrected chi connectivity index (χ2v) is 7.28. The maximum atomic E-state index is 14.1. The summed E-state index contributed by atoms with van der Waals surface area (Å²) in [5.74, 6) is -0.871. The molecule has 0 spiro atoms. The summed E-state index contributed by atoms with van der Waals surface area (Å²) in [6.45, 7) is 4.48. The van der Waals surface area contributed by atoms with Crippen LogP contribution in [0.15, 0.2) is 59.7 Å². The smallest absolute Gasteiger partial charge is 0.162 e. The number of benzene rings is 1. The monoisotopic (exact) mass is 358 g/mol. The van der Waals surface area contributed by atoms with Gasteiger partial charge in [-0.25, -0.2) is 8.78 Å². The van der Waals surface area contributed by atoms with Crippen molar-refractivity contribution in [3.8, 4) is 0 Å². The molecule has 0 saturated heterocycles. The van der Waals surface area contributed by atoms with Crippen LogP contribution in [0, 0.1) is 0 Å². The van der Waals surface area contributed by atoms with Crippen LogP contribution in [0.1, 0.15) is 82.3 Å². The Kier molecular flexibility index (Phi) is 8.80. The molecule has 1 aliphatic carbocycles. The highest BCUT2D eigenvalue weighted by atomic mass is 19.2. The van der Waals surface area contributed by atoms with Gasteiger partial charge in [-0.2, -0.15) is 0 Å². The van der Waals surface area contributed by atoms with Crippen molar-refractivity contribution in [2.45, 2.75) is 77.6 Å². The van der Waals surface area contributed by atoms with E-state index in [9.17, 15) is 8.78 Å². The highest BCUT2D eigenvalue weighted by Gasteiger charge is 2.14. The molecule has 26 heavy (non-hydrogen) atoms. The molecule has 0 amide bonds. The number of rotatable bonds is 10. The predicted octanol–water partition coefficient (Wildman–Crippen LogP) is 8.12. The average molecular weight is 359 g/mol. The van der Waals surface area contributed by atoms with Crippen LogP contribution in [-0.4, -0.2) is 0 Å². The molecular formula is C24H32F2. The van der Waals surface area contributed by atoms with Gasteiger partial charge in [-0.1, -0.05) is 82.4 Å². The third kappa shape index (κ3) is 6.23. The zero-order valence-electron chi connectivity index (χ0n) is 16.2. The molecule has 0 bridgehead atoms. The summed E-state index contributed by atoms with van der Waals surface area (Å²) in [6.07, 6.45) is 14.5. The summed E-state index contributed by atoms with van der Waals surface area (Å²) in [4.78, 5) is 0. The molecule has 0 saturated carbocycles. The number of unbranched alkanes of at least 4 members (excludes halogenated alkanes) is 3. The second kappa shape index (κ2) is 11.1. The van der Waals surface area contributed by atoms with Gasteiger partial charge in [-0.15, -0.1) is 0 Å². The molecule has 0 radical (unpaired) electrons. The van der Waals surface area contributed by atoms with Gasteiger partial charge < -0.3 is 0 Å². The summed E-state index contributed by atoms with van der Waals surface area (Å²) in [6, 6.07) is 8.52. The van der Waals surface area contributed by atoms with Gasteiger partial charge in [0.2, 0.25) is 0 Å². The van der Waals surface area contributed by atoms with E-state index in [0.717, 1.165) is 5.56 Å². The van der Waals surface area contributed by atoms with Crippen molar-refractivity contribution < 1.29 is 8.78 Å². The van der Waals surface area contributed by atoms with E-state index in [1.54, 1.807) is 12.2 Å². The van der Waals surface area contributed by atoms with E-state index in [0.29, 0.717) is 24.3 Å². The molecule has 0 fully saturated rings. The molecule has 1 aromatic carbocycles. The topological polar surface area (TPSA) is 0 Å². The first-order chi connectivity index (χ1) is 12.7. The molecule has 0 aromatic heterocycles. The lowest BCUT2D eigenvalue weighted by Gasteiger charge is -2.17. The van der Waals surface area contributed by atoms with Crippen molar-refractivity contribution >= 4 is 0 Å². The largest absolute Gasteiger partial charge is 0.204 e. The lowest BCUT2D eigenvalue weighted by molar-refractivity contribution is 0.521. The SMILES string of the molecule is CCCCCCC(CCC)c1ccc(CC2=CCC=CC(F)=C2F)cc1. The van der Waals surface area contributed by atoms with Crippen LogP contribution in [0.2, 0.25) is 0 Å². The normalized spacial score (nSPS) is 15.8. The van der Waals surface area contributed by atoms with Crippen molar-refractivity contribution in [1.29, 1.82) is 0 Å². The van der Waals surface area contributed by atoms with Gasteiger partial charge in [-0.3, -0.25) is 0 Å². The van der Waals surface area contributed by atoms with Crippen molar-refractivity contribution in [2.24, 2.45) is 0 Å². The minimum absolute atomic E-state index is 0.441. The van der Waals surface area contributed by atoms with Crippen LogP contribution in [-0.2, 0) is 6.42 Å². The molecule has 0 heterocycles. The fourth-order valence-electron chi connectivity index (χ4n) is 3.62. The molecule has 2 rings (SSSR count). The zero-order chi connectivity index (χ0) is 18.8. The third-order valence-corrected chi connectivity index (χ3v) is 5.15. The number of hydrogen-bond acceptors (Lipinski definition) is 0. The van der Waals surface area contributed by atoms with Gasteiger partial charge >= 0.3 is 0 Å². The molecule has 1 unspecified atom stereocenters. The van der Waals surface area contributed by atoms with Crippen LogP contribution in [0.3, 0.4) is 0 Å². The minimum atomic E-state index is -0.763. The summed E-state index contributed by atoms with van der Waals surface area (Å²) in [5.41, 5.74) is 2.86. The Bertz CT molecular complexity index is 635. The highest BCUT2D eigenvalue weighted by molar-refractivity contribution is 5.39. The van der Waals surface area contributed by atoms with Gasteiger partial charge in [0.15, 0.2) is 11.7 Å². The molecule has 0 N–H and O–H groups in total. The van der Waals surface area contributed by atoms with Crippen LogP contribution in [0.25, 0.3) is 0 Å². The Hall–Kier alpha value is -1.70. The summed E-state index contributed by atoms with van der Waals surface area (Å²) in [7, 11) is 0. The van der Waals surface area contributed by atoms with Crippen molar-refractivity contribution in [1.82, 2.24) is 0 Å². The molecule has 0 aliphatic heterocycles. The van der Waals surface area contributed by atoms with E-state index in [1.807, 2.05) is 0 Å². The van der Waals surface area contributed by atoms with Crippen LogP contribution < -0.4 is 0 Å². The minimum Gasteiger partial charge on any atom is -0.204 e. The first kappa shape index (κ1) is 20.6. The summed E-state index contributed by atoms with van der Waals surface area (Å²) < 4.78 is 27.7. The first-order valence-electron chi connectivity index (χ1n) is 10.2. The van der Waals surface area contributed by atoms with Crippen LogP contribution in [0.4, 0.5) is 8.78 Å². The standard InChI is InChI=1S/C24H32F2/c1-3-5-6-7-11-20(10-4-2)21-16-14-19(15-17-21)18-22-12-8-9-13-23(25)24(22)26/h9,12-17,20H,3-8,10-11,18H2,1-2H3. The molecule has 1 aliphatic rings. The van der Waals surface area contributed by atoms with Gasteiger partial charge in [0.25, 0.3) is 0 Å². The predicted molar refractivity (Wildman–Crippen MR) is 108 cm³/mol. The van der Waals surface area contributed by atoms with E-state index in [2.05, 4.69) is 38.1 Å². The number of hydrogen-bond donors (Lipinski definition) is 0. The zero-order valence-corrected chi connectivity index (χ0v) is 16.2. The van der Waals surface area contributed by atoms with Crippen molar-refractivity contribution in [3.05, 3.63) is 70.8 Å². The van der Waals surface area contributed by atoms with Gasteiger partial charge in [0.1, 0.15) is 0 Å². The Morgan fingerprint density at radius 1 is 0.923 bits per heavy atom. The molecule has 1 aromatic rings.